The lowest BCUT2D eigenvalue weighted by Gasteiger charge is -2.03. The number of ketones is 1. The number of pyridine rings is 1. The lowest BCUT2D eigenvalue weighted by molar-refractivity contribution is 0.0987. The number of carbonyl (C=O) groups excluding carboxylic acids is 1. The van der Waals surface area contributed by atoms with Gasteiger partial charge >= 0.3 is 0 Å². The van der Waals surface area contributed by atoms with Crippen LogP contribution < -0.4 is 5.56 Å². The van der Waals surface area contributed by atoms with Gasteiger partial charge in [0.1, 0.15) is 0 Å². The summed E-state index contributed by atoms with van der Waals surface area (Å²) in [7, 11) is 0. The molecule has 0 atom stereocenters. The highest BCUT2D eigenvalue weighted by Gasteiger charge is 2.03. The summed E-state index contributed by atoms with van der Waals surface area (Å²) >= 11 is 0. The summed E-state index contributed by atoms with van der Waals surface area (Å²) in [6, 6.07) is 3.02. The molecular formula is C10H13NO2. The van der Waals surface area contributed by atoms with Crippen LogP contribution in [0.1, 0.15) is 30.6 Å². The molecule has 0 aliphatic rings. The molecule has 1 rings (SSSR count). The van der Waals surface area contributed by atoms with E-state index >= 15 is 0 Å². The highest BCUT2D eigenvalue weighted by molar-refractivity contribution is 5.95. The van der Waals surface area contributed by atoms with E-state index in [1.54, 1.807) is 12.3 Å². The van der Waals surface area contributed by atoms with Crippen molar-refractivity contribution in [1.82, 2.24) is 4.57 Å². The summed E-state index contributed by atoms with van der Waals surface area (Å²) < 4.78 is 1.53. The van der Waals surface area contributed by atoms with E-state index in [-0.39, 0.29) is 11.3 Å². The Bertz CT molecular complexity index is 365. The maximum atomic E-state index is 11.3. The van der Waals surface area contributed by atoms with Crippen LogP contribution in [0.4, 0.5) is 0 Å². The van der Waals surface area contributed by atoms with Gasteiger partial charge in [-0.05, 0) is 13.0 Å². The molecule has 1 heterocycles. The van der Waals surface area contributed by atoms with Gasteiger partial charge in [-0.2, -0.15) is 0 Å². The normalized spacial score (nSPS) is 10.0. The molecule has 0 fully saturated rings. The first kappa shape index (κ1) is 9.71. The molecule has 0 saturated carbocycles. The fourth-order valence-electron chi connectivity index (χ4n) is 1.15. The summed E-state index contributed by atoms with van der Waals surface area (Å²) in [5.41, 5.74) is 0.555. The van der Waals surface area contributed by atoms with Gasteiger partial charge in [-0.1, -0.05) is 6.92 Å². The molecule has 0 aliphatic carbocycles. The molecule has 3 nitrogen and oxygen atoms in total. The zero-order valence-electron chi connectivity index (χ0n) is 7.91. The molecule has 0 bridgehead atoms. The molecule has 13 heavy (non-hydrogen) atoms. The topological polar surface area (TPSA) is 39.1 Å². The Kier molecular flexibility index (Phi) is 3.01. The van der Waals surface area contributed by atoms with Crippen LogP contribution in [0.2, 0.25) is 0 Å². The zero-order valence-corrected chi connectivity index (χ0v) is 7.91. The fraction of sp³-hybridized carbons (Fsp3) is 0.400. The molecule has 1 aromatic rings. The van der Waals surface area contributed by atoms with Crippen molar-refractivity contribution in [3.05, 3.63) is 34.2 Å². The SMILES string of the molecule is CCC(=O)c1ccc(=O)n(CC)c1. The first-order valence-electron chi connectivity index (χ1n) is 4.42. The van der Waals surface area contributed by atoms with E-state index in [4.69, 9.17) is 0 Å². The molecule has 0 spiro atoms. The Labute approximate surface area is 77.0 Å². The van der Waals surface area contributed by atoms with Gasteiger partial charge in [0, 0.05) is 30.8 Å². The standard InChI is InChI=1S/C10H13NO2/c1-3-9(12)8-5-6-10(13)11(4-2)7-8/h5-7H,3-4H2,1-2H3. The number of aromatic nitrogens is 1. The van der Waals surface area contributed by atoms with E-state index in [1.807, 2.05) is 13.8 Å². The highest BCUT2D eigenvalue weighted by Crippen LogP contribution is 2.00. The summed E-state index contributed by atoms with van der Waals surface area (Å²) in [6.07, 6.45) is 2.09. The summed E-state index contributed by atoms with van der Waals surface area (Å²) in [6.45, 7) is 4.29. The Morgan fingerprint density at radius 2 is 2.08 bits per heavy atom. The molecule has 0 unspecified atom stereocenters. The quantitative estimate of drug-likeness (QED) is 0.659. The van der Waals surface area contributed by atoms with Crippen LogP contribution in [-0.2, 0) is 6.54 Å². The minimum absolute atomic E-state index is 0.0600. The van der Waals surface area contributed by atoms with Crippen molar-refractivity contribution in [2.45, 2.75) is 26.8 Å². The molecule has 0 amide bonds. The average molecular weight is 179 g/mol. The van der Waals surface area contributed by atoms with Crippen LogP contribution in [0.25, 0.3) is 0 Å². The first-order chi connectivity index (χ1) is 6.19. The Hall–Kier alpha value is -1.38. The van der Waals surface area contributed by atoms with Gasteiger partial charge in [0.15, 0.2) is 5.78 Å². The number of nitrogens with zero attached hydrogens (tertiary/aromatic N) is 1. The smallest absolute Gasteiger partial charge is 0.250 e. The Balaban J connectivity index is 3.13. The zero-order chi connectivity index (χ0) is 9.84. The van der Waals surface area contributed by atoms with Crippen LogP contribution in [-0.4, -0.2) is 10.4 Å². The third-order valence-electron chi connectivity index (χ3n) is 1.97. The largest absolute Gasteiger partial charge is 0.315 e. The molecule has 0 aliphatic heterocycles. The molecule has 70 valence electrons. The molecule has 0 aromatic carbocycles. The van der Waals surface area contributed by atoms with Gasteiger partial charge in [-0.15, -0.1) is 0 Å². The predicted molar refractivity (Wildman–Crippen MR) is 51.0 cm³/mol. The maximum absolute atomic E-state index is 11.3. The minimum Gasteiger partial charge on any atom is -0.315 e. The monoisotopic (exact) mass is 179 g/mol. The van der Waals surface area contributed by atoms with Crippen molar-refractivity contribution in [2.24, 2.45) is 0 Å². The van der Waals surface area contributed by atoms with Crippen molar-refractivity contribution in [1.29, 1.82) is 0 Å². The number of aryl methyl sites for hydroxylation is 1. The van der Waals surface area contributed by atoms with Crippen LogP contribution >= 0.6 is 0 Å². The third kappa shape index (κ3) is 2.05. The van der Waals surface area contributed by atoms with E-state index in [2.05, 4.69) is 0 Å². The Morgan fingerprint density at radius 3 is 2.62 bits per heavy atom. The van der Waals surface area contributed by atoms with Gasteiger partial charge in [0.05, 0.1) is 0 Å². The highest BCUT2D eigenvalue weighted by atomic mass is 16.1. The number of hydrogen-bond donors (Lipinski definition) is 0. The predicted octanol–water partition coefficient (Wildman–Crippen LogP) is 1.46. The van der Waals surface area contributed by atoms with E-state index in [9.17, 15) is 9.59 Å². The third-order valence-corrected chi connectivity index (χ3v) is 1.97. The van der Waals surface area contributed by atoms with E-state index in [0.717, 1.165) is 0 Å². The van der Waals surface area contributed by atoms with Crippen LogP contribution in [0.15, 0.2) is 23.1 Å². The van der Waals surface area contributed by atoms with E-state index in [1.165, 1.54) is 10.6 Å². The minimum atomic E-state index is -0.0600. The molecule has 1 aromatic heterocycles. The summed E-state index contributed by atoms with van der Waals surface area (Å²) in [5, 5.41) is 0. The van der Waals surface area contributed by atoms with Crippen molar-refractivity contribution in [3.8, 4) is 0 Å². The van der Waals surface area contributed by atoms with Gasteiger partial charge in [0.2, 0.25) is 0 Å². The van der Waals surface area contributed by atoms with Gasteiger partial charge in [-0.25, -0.2) is 0 Å². The summed E-state index contributed by atoms with van der Waals surface area (Å²) in [5.74, 6) is 0.0715. The number of carbonyl (C=O) groups is 1. The van der Waals surface area contributed by atoms with E-state index < -0.39 is 0 Å². The molecule has 0 N–H and O–H groups in total. The second kappa shape index (κ2) is 4.03. The molecular weight excluding hydrogens is 166 g/mol. The van der Waals surface area contributed by atoms with Crippen LogP contribution in [0.3, 0.4) is 0 Å². The molecule has 0 radical (unpaired) electrons. The average Bonchev–Trinajstić information content (AvgIpc) is 2.17. The first-order valence-corrected chi connectivity index (χ1v) is 4.42. The summed E-state index contributed by atoms with van der Waals surface area (Å²) in [4.78, 5) is 22.4. The number of hydrogen-bond acceptors (Lipinski definition) is 2. The molecule has 0 saturated heterocycles. The lowest BCUT2D eigenvalue weighted by Crippen LogP contribution is -2.18. The Morgan fingerprint density at radius 1 is 1.38 bits per heavy atom. The van der Waals surface area contributed by atoms with Crippen molar-refractivity contribution >= 4 is 5.78 Å². The van der Waals surface area contributed by atoms with E-state index in [0.29, 0.717) is 18.5 Å². The van der Waals surface area contributed by atoms with Crippen molar-refractivity contribution in [2.75, 3.05) is 0 Å². The maximum Gasteiger partial charge on any atom is 0.250 e. The van der Waals surface area contributed by atoms with Crippen molar-refractivity contribution < 1.29 is 4.79 Å². The number of rotatable bonds is 3. The second-order valence-corrected chi connectivity index (χ2v) is 2.82. The van der Waals surface area contributed by atoms with Crippen LogP contribution in [0, 0.1) is 0 Å². The fourth-order valence-corrected chi connectivity index (χ4v) is 1.15. The van der Waals surface area contributed by atoms with Crippen LogP contribution in [0.5, 0.6) is 0 Å². The second-order valence-electron chi connectivity index (χ2n) is 2.82. The number of Topliss-reactive ketones (excluding diaryl/α,β-unsaturated/α-hetero) is 1. The molecule has 3 heteroatoms. The van der Waals surface area contributed by atoms with Crippen molar-refractivity contribution in [3.63, 3.8) is 0 Å². The lowest BCUT2D eigenvalue weighted by atomic mass is 10.1. The van der Waals surface area contributed by atoms with Gasteiger partial charge in [0.25, 0.3) is 5.56 Å². The van der Waals surface area contributed by atoms with Gasteiger partial charge < -0.3 is 4.57 Å². The van der Waals surface area contributed by atoms with Gasteiger partial charge in [-0.3, -0.25) is 9.59 Å².